The summed E-state index contributed by atoms with van der Waals surface area (Å²) >= 11 is 1.31. The lowest BCUT2D eigenvalue weighted by atomic mass is 10.2. The van der Waals surface area contributed by atoms with E-state index < -0.39 is 12.0 Å². The van der Waals surface area contributed by atoms with E-state index in [1.165, 1.54) is 11.3 Å². The van der Waals surface area contributed by atoms with Crippen LogP contribution in [0.15, 0.2) is 5.51 Å². The molecule has 0 fully saturated rings. The van der Waals surface area contributed by atoms with Gasteiger partial charge in [0.25, 0.3) is 0 Å². The van der Waals surface area contributed by atoms with Gasteiger partial charge in [-0.05, 0) is 6.92 Å². The average Bonchev–Trinajstić information content (AvgIpc) is 2.52. The summed E-state index contributed by atoms with van der Waals surface area (Å²) in [6.07, 6.45) is 5.05. The van der Waals surface area contributed by atoms with E-state index in [1.807, 2.05) is 0 Å². The predicted octanol–water partition coefficient (Wildman–Crippen LogP) is 0.800. The molecule has 0 aliphatic heterocycles. The molecule has 1 heterocycles. The Morgan fingerprint density at radius 1 is 1.93 bits per heavy atom. The number of aryl methyl sites for hydroxylation is 1. The highest BCUT2D eigenvalue weighted by molar-refractivity contribution is 7.10. The summed E-state index contributed by atoms with van der Waals surface area (Å²) < 4.78 is 0. The van der Waals surface area contributed by atoms with Gasteiger partial charge in [0.05, 0.1) is 22.6 Å². The molecule has 0 radical (unpaired) electrons. The number of carbonyl (C=O) groups is 1. The first-order chi connectivity index (χ1) is 6.66. The van der Waals surface area contributed by atoms with Crippen LogP contribution < -0.4 is 5.32 Å². The maximum atomic E-state index is 10.9. The van der Waals surface area contributed by atoms with Crippen molar-refractivity contribution in [1.82, 2.24) is 10.3 Å². The molecule has 1 atom stereocenters. The smallest absolute Gasteiger partial charge is 0.326 e. The van der Waals surface area contributed by atoms with Crippen LogP contribution in [-0.4, -0.2) is 22.6 Å². The molecule has 0 saturated heterocycles. The molecule has 0 bridgehead atoms. The number of thiazole rings is 1. The molecule has 1 aromatic rings. The van der Waals surface area contributed by atoms with E-state index in [1.54, 1.807) is 12.4 Å². The predicted molar refractivity (Wildman–Crippen MR) is 54.1 cm³/mol. The minimum atomic E-state index is -0.937. The van der Waals surface area contributed by atoms with Crippen molar-refractivity contribution in [2.45, 2.75) is 13.0 Å². The Morgan fingerprint density at radius 2 is 2.64 bits per heavy atom. The van der Waals surface area contributed by atoms with Crippen molar-refractivity contribution in [2.75, 3.05) is 6.54 Å². The molecule has 0 aliphatic carbocycles. The molecular formula is C9H10N2O2S. The lowest BCUT2D eigenvalue weighted by molar-refractivity contribution is -0.139. The van der Waals surface area contributed by atoms with Crippen molar-refractivity contribution in [2.24, 2.45) is 0 Å². The lowest BCUT2D eigenvalue weighted by Crippen LogP contribution is -2.28. The molecule has 4 nitrogen and oxygen atoms in total. The molecule has 0 spiro atoms. The second-order valence-corrected chi connectivity index (χ2v) is 3.54. The first kappa shape index (κ1) is 10.7. The quantitative estimate of drug-likeness (QED) is 0.722. The van der Waals surface area contributed by atoms with Gasteiger partial charge in [-0.2, -0.15) is 0 Å². The Morgan fingerprint density at radius 3 is 3.07 bits per heavy atom. The van der Waals surface area contributed by atoms with Gasteiger partial charge in [-0.15, -0.1) is 17.8 Å². The second-order valence-electron chi connectivity index (χ2n) is 2.66. The third-order valence-corrected chi connectivity index (χ3v) is 2.70. The molecule has 2 N–H and O–H groups in total. The van der Waals surface area contributed by atoms with Crippen LogP contribution in [0.5, 0.6) is 0 Å². The molecule has 1 unspecified atom stereocenters. The fraction of sp³-hybridized carbons (Fsp3) is 0.333. The fourth-order valence-electron chi connectivity index (χ4n) is 1.04. The van der Waals surface area contributed by atoms with E-state index >= 15 is 0 Å². The first-order valence-electron chi connectivity index (χ1n) is 3.96. The van der Waals surface area contributed by atoms with Crippen LogP contribution in [0.3, 0.4) is 0 Å². The third kappa shape index (κ3) is 2.31. The van der Waals surface area contributed by atoms with Gasteiger partial charge in [-0.3, -0.25) is 10.1 Å². The summed E-state index contributed by atoms with van der Waals surface area (Å²) in [4.78, 5) is 15.6. The number of hydrogen-bond acceptors (Lipinski definition) is 4. The number of nitrogens with zero attached hydrogens (tertiary/aromatic N) is 1. The van der Waals surface area contributed by atoms with Gasteiger partial charge in [0.2, 0.25) is 0 Å². The maximum absolute atomic E-state index is 10.9. The molecule has 0 aliphatic rings. The van der Waals surface area contributed by atoms with Crippen LogP contribution in [0.1, 0.15) is 16.6 Å². The van der Waals surface area contributed by atoms with Crippen LogP contribution >= 0.6 is 11.3 Å². The van der Waals surface area contributed by atoms with Gasteiger partial charge in [0, 0.05) is 0 Å². The van der Waals surface area contributed by atoms with Gasteiger partial charge >= 0.3 is 5.97 Å². The van der Waals surface area contributed by atoms with E-state index in [2.05, 4.69) is 16.2 Å². The van der Waals surface area contributed by atoms with Gasteiger partial charge in [0.1, 0.15) is 6.04 Å². The van der Waals surface area contributed by atoms with Crippen molar-refractivity contribution in [3.63, 3.8) is 0 Å². The van der Waals surface area contributed by atoms with Gasteiger partial charge in [-0.1, -0.05) is 5.92 Å². The van der Waals surface area contributed by atoms with Crippen LogP contribution in [0.2, 0.25) is 0 Å². The van der Waals surface area contributed by atoms with Crippen molar-refractivity contribution in [1.29, 1.82) is 0 Å². The van der Waals surface area contributed by atoms with Crippen LogP contribution in [0.25, 0.3) is 0 Å². The highest BCUT2D eigenvalue weighted by Crippen LogP contribution is 2.21. The Kier molecular flexibility index (Phi) is 3.63. The van der Waals surface area contributed by atoms with E-state index in [9.17, 15) is 4.79 Å². The molecule has 0 aromatic carbocycles. The summed E-state index contributed by atoms with van der Waals surface area (Å²) in [7, 11) is 0. The second kappa shape index (κ2) is 4.74. The number of terminal acetylenes is 1. The minimum absolute atomic E-state index is 0.230. The lowest BCUT2D eigenvalue weighted by Gasteiger charge is -2.10. The zero-order chi connectivity index (χ0) is 10.6. The monoisotopic (exact) mass is 210 g/mol. The molecule has 1 aromatic heterocycles. The highest BCUT2D eigenvalue weighted by atomic mass is 32.1. The SMILES string of the molecule is C#CCNC(C(=O)O)c1scnc1C. The van der Waals surface area contributed by atoms with Crippen LogP contribution in [0.4, 0.5) is 0 Å². The molecular weight excluding hydrogens is 200 g/mol. The highest BCUT2D eigenvalue weighted by Gasteiger charge is 2.22. The zero-order valence-corrected chi connectivity index (χ0v) is 8.47. The first-order valence-corrected chi connectivity index (χ1v) is 4.84. The van der Waals surface area contributed by atoms with Gasteiger partial charge in [-0.25, -0.2) is 4.98 Å². The normalized spacial score (nSPS) is 12.0. The van der Waals surface area contributed by atoms with E-state index in [0.29, 0.717) is 4.88 Å². The molecule has 14 heavy (non-hydrogen) atoms. The minimum Gasteiger partial charge on any atom is -0.480 e. The fourth-order valence-corrected chi connectivity index (χ4v) is 1.91. The number of nitrogens with one attached hydrogen (secondary N) is 1. The Bertz CT molecular complexity index is 367. The molecule has 5 heteroatoms. The number of carboxylic acids is 1. The number of hydrogen-bond donors (Lipinski definition) is 2. The van der Waals surface area contributed by atoms with Crippen molar-refractivity contribution < 1.29 is 9.90 Å². The van der Waals surface area contributed by atoms with Crippen molar-refractivity contribution >= 4 is 17.3 Å². The number of rotatable bonds is 4. The van der Waals surface area contributed by atoms with Crippen LogP contribution in [0, 0.1) is 19.3 Å². The number of aliphatic carboxylic acids is 1. The van der Waals surface area contributed by atoms with Gasteiger partial charge in [0.15, 0.2) is 0 Å². The summed E-state index contributed by atoms with van der Waals surface area (Å²) in [5, 5.41) is 11.7. The summed E-state index contributed by atoms with van der Waals surface area (Å²) in [6.45, 7) is 2.01. The Labute approximate surface area is 86.0 Å². The van der Waals surface area contributed by atoms with E-state index in [-0.39, 0.29) is 6.54 Å². The zero-order valence-electron chi connectivity index (χ0n) is 7.65. The Balaban J connectivity index is 2.84. The van der Waals surface area contributed by atoms with Crippen molar-refractivity contribution in [3.05, 3.63) is 16.1 Å². The Hall–Kier alpha value is -1.38. The van der Waals surface area contributed by atoms with Crippen molar-refractivity contribution in [3.8, 4) is 12.3 Å². The molecule has 0 amide bonds. The number of carboxylic acid groups (broad SMARTS) is 1. The van der Waals surface area contributed by atoms with Gasteiger partial charge < -0.3 is 5.11 Å². The summed E-state index contributed by atoms with van der Waals surface area (Å²) in [5.74, 6) is 1.41. The molecule has 0 saturated carbocycles. The summed E-state index contributed by atoms with van der Waals surface area (Å²) in [5.41, 5.74) is 2.35. The summed E-state index contributed by atoms with van der Waals surface area (Å²) in [6, 6.07) is -0.751. The van der Waals surface area contributed by atoms with E-state index in [0.717, 1.165) is 5.69 Å². The topological polar surface area (TPSA) is 62.2 Å². The van der Waals surface area contributed by atoms with E-state index in [4.69, 9.17) is 11.5 Å². The standard InChI is InChI=1S/C9H10N2O2S/c1-3-4-10-7(9(12)13)8-6(2)11-5-14-8/h1,5,7,10H,4H2,2H3,(H,12,13). The third-order valence-electron chi connectivity index (χ3n) is 1.70. The maximum Gasteiger partial charge on any atom is 0.326 e. The molecule has 1 rings (SSSR count). The molecule has 74 valence electrons. The van der Waals surface area contributed by atoms with Crippen LogP contribution in [-0.2, 0) is 4.79 Å². The number of aromatic nitrogens is 1. The largest absolute Gasteiger partial charge is 0.480 e. The average molecular weight is 210 g/mol.